The zero-order valence-corrected chi connectivity index (χ0v) is 11.4. The number of rotatable bonds is 3. The van der Waals surface area contributed by atoms with Crippen LogP contribution in [-0.2, 0) is 0 Å². The molecule has 2 aromatic carbocycles. The van der Waals surface area contributed by atoms with Gasteiger partial charge >= 0.3 is 0 Å². The molecule has 0 fully saturated rings. The van der Waals surface area contributed by atoms with Crippen molar-refractivity contribution < 1.29 is 9.53 Å². The summed E-state index contributed by atoms with van der Waals surface area (Å²) in [6, 6.07) is 14.5. The maximum Gasteiger partial charge on any atom is 0.256 e. The number of hydrogen-bond acceptors (Lipinski definition) is 3. The third-order valence-electron chi connectivity index (χ3n) is 3.42. The summed E-state index contributed by atoms with van der Waals surface area (Å²) in [6.45, 7) is 0. The molecule has 0 radical (unpaired) electrons. The molecular formula is C17H13NO3. The lowest BCUT2D eigenvalue weighted by molar-refractivity contribution is 0.112. The SMILES string of the molecule is COc1ccc(-c2cc3ccccc3[nH]c2=O)cc1C=O. The van der Waals surface area contributed by atoms with Crippen molar-refractivity contribution in [2.24, 2.45) is 0 Å². The van der Waals surface area contributed by atoms with Crippen LogP contribution in [0.3, 0.4) is 0 Å². The van der Waals surface area contributed by atoms with E-state index < -0.39 is 0 Å². The minimum atomic E-state index is -0.185. The Bertz CT molecular complexity index is 881. The first kappa shape index (κ1) is 13.1. The Morgan fingerprint density at radius 3 is 2.67 bits per heavy atom. The second kappa shape index (κ2) is 5.25. The van der Waals surface area contributed by atoms with Crippen LogP contribution in [0.1, 0.15) is 10.4 Å². The lowest BCUT2D eigenvalue weighted by atomic mass is 10.0. The van der Waals surface area contributed by atoms with E-state index in [0.29, 0.717) is 22.4 Å². The van der Waals surface area contributed by atoms with E-state index in [2.05, 4.69) is 4.98 Å². The van der Waals surface area contributed by atoms with Gasteiger partial charge in [-0.2, -0.15) is 0 Å². The van der Waals surface area contributed by atoms with Crippen LogP contribution in [-0.4, -0.2) is 18.4 Å². The Morgan fingerprint density at radius 1 is 1.10 bits per heavy atom. The monoisotopic (exact) mass is 279 g/mol. The predicted molar refractivity (Wildman–Crippen MR) is 81.9 cm³/mol. The highest BCUT2D eigenvalue weighted by Gasteiger charge is 2.09. The smallest absolute Gasteiger partial charge is 0.256 e. The van der Waals surface area contributed by atoms with Gasteiger partial charge in [-0.25, -0.2) is 0 Å². The number of carbonyl (C=O) groups excluding carboxylic acids is 1. The normalized spacial score (nSPS) is 10.5. The quantitative estimate of drug-likeness (QED) is 0.750. The average Bonchev–Trinajstić information content (AvgIpc) is 2.53. The summed E-state index contributed by atoms with van der Waals surface area (Å²) in [6.07, 6.45) is 0.720. The molecule has 0 atom stereocenters. The van der Waals surface area contributed by atoms with Gasteiger partial charge in [-0.1, -0.05) is 24.3 Å². The maximum atomic E-state index is 12.2. The summed E-state index contributed by atoms with van der Waals surface area (Å²) in [5, 5.41) is 0.940. The van der Waals surface area contributed by atoms with E-state index in [9.17, 15) is 9.59 Å². The molecular weight excluding hydrogens is 266 g/mol. The number of benzene rings is 2. The summed E-state index contributed by atoms with van der Waals surface area (Å²) in [5.74, 6) is 0.492. The molecule has 3 aromatic rings. The number of nitrogens with one attached hydrogen (secondary N) is 1. The van der Waals surface area contributed by atoms with Crippen molar-refractivity contribution in [2.45, 2.75) is 0 Å². The van der Waals surface area contributed by atoms with Crippen LogP contribution in [0.25, 0.3) is 22.0 Å². The highest BCUT2D eigenvalue weighted by atomic mass is 16.5. The number of hydrogen-bond donors (Lipinski definition) is 1. The first-order valence-corrected chi connectivity index (χ1v) is 6.48. The van der Waals surface area contributed by atoms with Gasteiger partial charge in [0.25, 0.3) is 5.56 Å². The summed E-state index contributed by atoms with van der Waals surface area (Å²) >= 11 is 0. The number of para-hydroxylation sites is 1. The molecule has 0 saturated carbocycles. The van der Waals surface area contributed by atoms with E-state index >= 15 is 0 Å². The van der Waals surface area contributed by atoms with Crippen LogP contribution in [0, 0.1) is 0 Å². The molecule has 0 aliphatic rings. The van der Waals surface area contributed by atoms with Gasteiger partial charge in [-0.15, -0.1) is 0 Å². The molecule has 4 heteroatoms. The average molecular weight is 279 g/mol. The molecule has 1 aromatic heterocycles. The van der Waals surface area contributed by atoms with Crippen molar-refractivity contribution in [2.75, 3.05) is 7.11 Å². The molecule has 0 aliphatic heterocycles. The lowest BCUT2D eigenvalue weighted by Crippen LogP contribution is -2.08. The topological polar surface area (TPSA) is 59.2 Å². The number of ether oxygens (including phenoxy) is 1. The van der Waals surface area contributed by atoms with E-state index in [4.69, 9.17) is 4.74 Å². The Hall–Kier alpha value is -2.88. The Balaban J connectivity index is 2.22. The number of aromatic nitrogens is 1. The number of pyridine rings is 1. The fraction of sp³-hybridized carbons (Fsp3) is 0.0588. The van der Waals surface area contributed by atoms with Crippen LogP contribution in [0.4, 0.5) is 0 Å². The van der Waals surface area contributed by atoms with Gasteiger partial charge in [0.1, 0.15) is 5.75 Å². The molecule has 4 nitrogen and oxygen atoms in total. The van der Waals surface area contributed by atoms with Crippen molar-refractivity contribution in [3.63, 3.8) is 0 Å². The minimum absolute atomic E-state index is 0.185. The number of methoxy groups -OCH3 is 1. The van der Waals surface area contributed by atoms with Gasteiger partial charge in [-0.05, 0) is 35.2 Å². The van der Waals surface area contributed by atoms with Crippen LogP contribution in [0.5, 0.6) is 5.75 Å². The van der Waals surface area contributed by atoms with Gasteiger partial charge in [-0.3, -0.25) is 9.59 Å². The Morgan fingerprint density at radius 2 is 1.90 bits per heavy atom. The first-order chi connectivity index (χ1) is 10.2. The maximum absolute atomic E-state index is 12.2. The van der Waals surface area contributed by atoms with E-state index in [1.54, 1.807) is 18.2 Å². The molecule has 3 rings (SSSR count). The molecule has 1 N–H and O–H groups in total. The number of carbonyl (C=O) groups is 1. The first-order valence-electron chi connectivity index (χ1n) is 6.48. The Kier molecular flexibility index (Phi) is 3.28. The van der Waals surface area contributed by atoms with Crippen molar-refractivity contribution >= 4 is 17.2 Å². The summed E-state index contributed by atoms with van der Waals surface area (Å²) in [7, 11) is 1.50. The van der Waals surface area contributed by atoms with Crippen molar-refractivity contribution in [3.8, 4) is 16.9 Å². The molecule has 0 saturated heterocycles. The summed E-state index contributed by atoms with van der Waals surface area (Å²) < 4.78 is 5.11. The largest absolute Gasteiger partial charge is 0.496 e. The molecule has 0 aliphatic carbocycles. The van der Waals surface area contributed by atoms with Crippen molar-refractivity contribution in [1.82, 2.24) is 4.98 Å². The molecule has 0 spiro atoms. The minimum Gasteiger partial charge on any atom is -0.496 e. The van der Waals surface area contributed by atoms with Crippen LogP contribution >= 0.6 is 0 Å². The van der Waals surface area contributed by atoms with Crippen LogP contribution in [0.2, 0.25) is 0 Å². The summed E-state index contributed by atoms with van der Waals surface area (Å²) in [5.41, 5.74) is 2.23. The van der Waals surface area contributed by atoms with Gasteiger partial charge in [0.05, 0.1) is 12.7 Å². The van der Waals surface area contributed by atoms with Crippen molar-refractivity contribution in [1.29, 1.82) is 0 Å². The summed E-state index contributed by atoms with van der Waals surface area (Å²) in [4.78, 5) is 26.2. The zero-order chi connectivity index (χ0) is 14.8. The highest BCUT2D eigenvalue weighted by Crippen LogP contribution is 2.25. The van der Waals surface area contributed by atoms with Gasteiger partial charge in [0.2, 0.25) is 0 Å². The molecule has 0 amide bonds. The van der Waals surface area contributed by atoms with Crippen LogP contribution in [0.15, 0.2) is 53.3 Å². The van der Waals surface area contributed by atoms with E-state index in [1.807, 2.05) is 30.3 Å². The fourth-order valence-electron chi connectivity index (χ4n) is 2.36. The molecule has 21 heavy (non-hydrogen) atoms. The number of fused-ring (bicyclic) bond motifs is 1. The van der Waals surface area contributed by atoms with Gasteiger partial charge < -0.3 is 9.72 Å². The van der Waals surface area contributed by atoms with Crippen molar-refractivity contribution in [3.05, 3.63) is 64.4 Å². The molecule has 1 heterocycles. The number of H-pyrrole nitrogens is 1. The molecule has 104 valence electrons. The third kappa shape index (κ3) is 2.31. The number of aldehydes is 1. The van der Waals surface area contributed by atoms with Gasteiger partial charge in [0, 0.05) is 11.1 Å². The van der Waals surface area contributed by atoms with Gasteiger partial charge in [0.15, 0.2) is 6.29 Å². The number of aromatic amines is 1. The zero-order valence-electron chi connectivity index (χ0n) is 11.4. The predicted octanol–water partition coefficient (Wildman–Crippen LogP) is 3.02. The molecule has 0 bridgehead atoms. The highest BCUT2D eigenvalue weighted by molar-refractivity contribution is 5.86. The fourth-order valence-corrected chi connectivity index (χ4v) is 2.36. The van der Waals surface area contributed by atoms with Crippen LogP contribution < -0.4 is 10.3 Å². The van der Waals surface area contributed by atoms with E-state index in [1.165, 1.54) is 7.11 Å². The Labute approximate surface area is 121 Å². The standard InChI is InChI=1S/C17H13NO3/c1-21-16-7-6-11(8-13(16)10-19)14-9-12-4-2-3-5-15(12)18-17(14)20/h2-10H,1H3,(H,18,20). The lowest BCUT2D eigenvalue weighted by Gasteiger charge is -2.07. The van der Waals surface area contributed by atoms with E-state index in [-0.39, 0.29) is 5.56 Å². The molecule has 0 unspecified atom stereocenters. The van der Waals surface area contributed by atoms with E-state index in [0.717, 1.165) is 17.2 Å². The third-order valence-corrected chi connectivity index (χ3v) is 3.42. The second-order valence-electron chi connectivity index (χ2n) is 4.67. The second-order valence-corrected chi connectivity index (χ2v) is 4.67.